The van der Waals surface area contributed by atoms with Crippen molar-refractivity contribution in [3.63, 3.8) is 0 Å². The Bertz CT molecular complexity index is 832. The first-order valence-corrected chi connectivity index (χ1v) is 11.2. The van der Waals surface area contributed by atoms with Crippen LogP contribution in [-0.4, -0.2) is 65.5 Å². The number of benzene rings is 1. The number of hydrogen-bond donors (Lipinski definition) is 2. The zero-order chi connectivity index (χ0) is 23.0. The molecule has 1 fully saturated rings. The van der Waals surface area contributed by atoms with Gasteiger partial charge >= 0.3 is 18.0 Å². The van der Waals surface area contributed by atoms with E-state index < -0.39 is 24.1 Å². The zero-order valence-corrected chi connectivity index (χ0v) is 19.2. The summed E-state index contributed by atoms with van der Waals surface area (Å²) in [6, 6.07) is 6.27. The lowest BCUT2D eigenvalue weighted by molar-refractivity contribution is -0.147. The number of likely N-dealkylation sites (tertiary alicyclic amines) is 1. The van der Waals surface area contributed by atoms with Crippen LogP contribution in [0.5, 0.6) is 0 Å². The van der Waals surface area contributed by atoms with Crippen LogP contribution in [-0.2, 0) is 19.1 Å². The Hall–Kier alpha value is -2.23. The highest BCUT2D eigenvalue weighted by molar-refractivity contribution is 8.00. The van der Waals surface area contributed by atoms with Crippen LogP contribution in [0.2, 0.25) is 5.02 Å². The molecule has 10 heteroatoms. The highest BCUT2D eigenvalue weighted by Gasteiger charge is 2.35. The van der Waals surface area contributed by atoms with Gasteiger partial charge in [-0.25, -0.2) is 14.4 Å². The fraction of sp³-hybridized carbons (Fsp3) is 0.476. The molecule has 0 bridgehead atoms. The van der Waals surface area contributed by atoms with Gasteiger partial charge in [-0.3, -0.25) is 4.90 Å². The number of carboxylic acid groups (broad SMARTS) is 1. The van der Waals surface area contributed by atoms with Gasteiger partial charge in [0.1, 0.15) is 6.04 Å². The number of rotatable bonds is 8. The Kier molecular flexibility index (Phi) is 9.67. The van der Waals surface area contributed by atoms with Crippen LogP contribution in [0.25, 0.3) is 0 Å². The first-order valence-electron chi connectivity index (χ1n) is 9.78. The lowest BCUT2D eigenvalue weighted by Crippen LogP contribution is -2.43. The van der Waals surface area contributed by atoms with E-state index in [1.54, 1.807) is 38.1 Å². The summed E-state index contributed by atoms with van der Waals surface area (Å²) in [4.78, 5) is 37.5. The smallest absolute Gasteiger partial charge is 0.408 e. The normalized spacial score (nSPS) is 19.1. The van der Waals surface area contributed by atoms with Crippen LogP contribution in [0.3, 0.4) is 0 Å². The van der Waals surface area contributed by atoms with E-state index >= 15 is 0 Å². The third-order valence-corrected chi connectivity index (χ3v) is 6.22. The minimum Gasteiger partial charge on any atom is -0.478 e. The maximum absolute atomic E-state index is 12.6. The number of esters is 1. The number of hydrogen-bond acceptors (Lipinski definition) is 7. The van der Waals surface area contributed by atoms with Crippen molar-refractivity contribution in [2.75, 3.05) is 26.1 Å². The van der Waals surface area contributed by atoms with Crippen LogP contribution in [0.4, 0.5) is 4.79 Å². The molecule has 0 saturated carbocycles. The summed E-state index contributed by atoms with van der Waals surface area (Å²) < 4.78 is 10.0. The number of alkyl carbamates (subject to hydrolysis) is 1. The number of aliphatic carboxylic acids is 1. The molecule has 1 aromatic carbocycles. The van der Waals surface area contributed by atoms with E-state index in [0.29, 0.717) is 29.1 Å². The van der Waals surface area contributed by atoms with Crippen LogP contribution in [0.15, 0.2) is 35.9 Å². The van der Waals surface area contributed by atoms with E-state index in [1.165, 1.54) is 18.9 Å². The minimum atomic E-state index is -1.07. The predicted molar refractivity (Wildman–Crippen MR) is 119 cm³/mol. The van der Waals surface area contributed by atoms with Crippen molar-refractivity contribution in [3.05, 3.63) is 46.5 Å². The van der Waals surface area contributed by atoms with Gasteiger partial charge in [-0.2, -0.15) is 0 Å². The minimum absolute atomic E-state index is 0.128. The molecule has 8 nitrogen and oxygen atoms in total. The lowest BCUT2D eigenvalue weighted by atomic mass is 9.98. The molecule has 0 spiro atoms. The Morgan fingerprint density at radius 1 is 1.35 bits per heavy atom. The molecule has 1 aromatic rings. The third kappa shape index (κ3) is 7.45. The lowest BCUT2D eigenvalue weighted by Gasteiger charge is -2.38. The summed E-state index contributed by atoms with van der Waals surface area (Å²) >= 11 is 7.74. The summed E-state index contributed by atoms with van der Waals surface area (Å²) in [6.07, 6.45) is 1.00. The molecule has 0 aromatic heterocycles. The molecule has 1 unspecified atom stereocenters. The molecule has 1 aliphatic rings. The number of nitrogens with one attached hydrogen (secondary N) is 1. The average Bonchev–Trinajstić information content (AvgIpc) is 2.70. The molecule has 1 amide bonds. The molecular formula is C21H27ClN2O6S. The number of thioether (sulfide) groups is 1. The number of piperidine rings is 1. The van der Waals surface area contributed by atoms with Crippen molar-refractivity contribution >= 4 is 41.4 Å². The number of amides is 1. The van der Waals surface area contributed by atoms with Crippen molar-refractivity contribution in [2.24, 2.45) is 0 Å². The number of halogens is 1. The summed E-state index contributed by atoms with van der Waals surface area (Å²) in [5.41, 5.74) is 1.25. The molecule has 0 radical (unpaired) electrons. The predicted octanol–water partition coefficient (Wildman–Crippen LogP) is 3.46. The largest absolute Gasteiger partial charge is 0.478 e. The molecule has 2 N–H and O–H groups in total. The average molecular weight is 471 g/mol. The molecule has 170 valence electrons. The van der Waals surface area contributed by atoms with Crippen molar-refractivity contribution in [1.82, 2.24) is 10.2 Å². The number of nitrogens with zero attached hydrogens (tertiary/aromatic N) is 1. The van der Waals surface area contributed by atoms with Gasteiger partial charge in [0, 0.05) is 29.4 Å². The number of ether oxygens (including phenoxy) is 2. The number of carbonyl (C=O) groups is 3. The highest BCUT2D eigenvalue weighted by atomic mass is 35.5. The number of methoxy groups -OCH3 is 1. The summed E-state index contributed by atoms with van der Waals surface area (Å²) in [6.45, 7) is 4.29. The highest BCUT2D eigenvalue weighted by Crippen LogP contribution is 2.35. The van der Waals surface area contributed by atoms with E-state index in [-0.39, 0.29) is 23.8 Å². The second-order valence-corrected chi connectivity index (χ2v) is 8.79. The van der Waals surface area contributed by atoms with Gasteiger partial charge < -0.3 is 19.9 Å². The van der Waals surface area contributed by atoms with Gasteiger partial charge in [0.25, 0.3) is 0 Å². The molecule has 0 aliphatic carbocycles. The van der Waals surface area contributed by atoms with Crippen LogP contribution in [0.1, 0.15) is 31.9 Å². The van der Waals surface area contributed by atoms with Crippen molar-refractivity contribution in [2.45, 2.75) is 37.7 Å². The van der Waals surface area contributed by atoms with Gasteiger partial charge in [0.2, 0.25) is 0 Å². The van der Waals surface area contributed by atoms with E-state index in [2.05, 4.69) is 5.32 Å². The molecule has 2 rings (SSSR count). The Balaban J connectivity index is 2.15. The molecule has 1 saturated heterocycles. The summed E-state index contributed by atoms with van der Waals surface area (Å²) in [5, 5.41) is 12.3. The maximum atomic E-state index is 12.6. The molecule has 31 heavy (non-hydrogen) atoms. The molecule has 2 atom stereocenters. The van der Waals surface area contributed by atoms with E-state index in [1.807, 2.05) is 4.90 Å². The second kappa shape index (κ2) is 12.0. The monoisotopic (exact) mass is 470 g/mol. The first kappa shape index (κ1) is 25.0. The standard InChI is InChI=1S/C21H27ClN2O6S/c1-13(2)30-21(28)23-12-31-17-8-9-24(11-14(17)10-18(25)26)19(20(27)29-3)15-6-4-5-7-16(15)22/h4-7,10,13,17,19H,8-9,11-12H2,1-3H3,(H,23,28)(H,25,26)/b14-10+/t17?,19-/m0/s1. The van der Waals surface area contributed by atoms with E-state index in [0.717, 1.165) is 6.08 Å². The summed E-state index contributed by atoms with van der Waals surface area (Å²) in [5.74, 6) is -1.26. The Morgan fingerprint density at radius 3 is 2.68 bits per heavy atom. The maximum Gasteiger partial charge on any atom is 0.408 e. The Labute approximate surface area is 190 Å². The van der Waals surface area contributed by atoms with Crippen molar-refractivity contribution < 1.29 is 29.0 Å². The van der Waals surface area contributed by atoms with Crippen molar-refractivity contribution in [1.29, 1.82) is 0 Å². The van der Waals surface area contributed by atoms with Crippen LogP contribution >= 0.6 is 23.4 Å². The van der Waals surface area contributed by atoms with Gasteiger partial charge in [-0.1, -0.05) is 29.8 Å². The second-order valence-electron chi connectivity index (χ2n) is 7.19. The number of carboxylic acids is 1. The SMILES string of the molecule is COC(=O)[C@H](c1ccccc1Cl)N1CCC(SCNC(=O)OC(C)C)/C(=C/C(=O)O)C1. The third-order valence-electron chi connectivity index (χ3n) is 4.62. The topological polar surface area (TPSA) is 105 Å². The van der Waals surface area contributed by atoms with Gasteiger partial charge in [0.15, 0.2) is 0 Å². The van der Waals surface area contributed by atoms with Crippen molar-refractivity contribution in [3.8, 4) is 0 Å². The summed E-state index contributed by atoms with van der Waals surface area (Å²) in [7, 11) is 1.31. The molecule has 1 heterocycles. The van der Waals surface area contributed by atoms with Gasteiger partial charge in [0.05, 0.1) is 19.1 Å². The quantitative estimate of drug-likeness (QED) is 0.338. The van der Waals surface area contributed by atoms with Crippen LogP contribution in [0, 0.1) is 0 Å². The first-order chi connectivity index (χ1) is 14.7. The van der Waals surface area contributed by atoms with E-state index in [9.17, 15) is 19.5 Å². The van der Waals surface area contributed by atoms with Gasteiger partial charge in [-0.05, 0) is 37.5 Å². The fourth-order valence-electron chi connectivity index (χ4n) is 3.33. The van der Waals surface area contributed by atoms with Gasteiger partial charge in [-0.15, -0.1) is 11.8 Å². The zero-order valence-electron chi connectivity index (χ0n) is 17.7. The fourth-order valence-corrected chi connectivity index (χ4v) is 4.60. The molecular weight excluding hydrogens is 444 g/mol. The number of carbonyl (C=O) groups excluding carboxylic acids is 2. The van der Waals surface area contributed by atoms with E-state index in [4.69, 9.17) is 21.1 Å². The van der Waals surface area contributed by atoms with Crippen LogP contribution < -0.4 is 5.32 Å². The Morgan fingerprint density at radius 2 is 2.06 bits per heavy atom. The molecule has 1 aliphatic heterocycles.